The number of halogens is 1. The van der Waals surface area contributed by atoms with Crippen molar-refractivity contribution in [3.8, 4) is 0 Å². The summed E-state index contributed by atoms with van der Waals surface area (Å²) < 4.78 is 13.9. The van der Waals surface area contributed by atoms with E-state index in [9.17, 15) is 9.18 Å². The molecule has 0 unspecified atom stereocenters. The first-order chi connectivity index (χ1) is 12.2. The summed E-state index contributed by atoms with van der Waals surface area (Å²) in [5, 5.41) is 3.89. The van der Waals surface area contributed by atoms with Crippen LogP contribution in [0.3, 0.4) is 0 Å². The van der Waals surface area contributed by atoms with E-state index in [0.29, 0.717) is 16.6 Å². The van der Waals surface area contributed by atoms with Crippen LogP contribution in [0.5, 0.6) is 0 Å². The van der Waals surface area contributed by atoms with Crippen molar-refractivity contribution in [3.63, 3.8) is 0 Å². The Balaban J connectivity index is 1.74. The van der Waals surface area contributed by atoms with Gasteiger partial charge in [0.15, 0.2) is 5.78 Å². The van der Waals surface area contributed by atoms with Gasteiger partial charge in [-0.2, -0.15) is 0 Å². The number of hydrogen-bond acceptors (Lipinski definition) is 3. The van der Waals surface area contributed by atoms with Gasteiger partial charge >= 0.3 is 0 Å². The molecule has 2 aromatic heterocycles. The third-order valence-electron chi connectivity index (χ3n) is 3.96. The third-order valence-corrected chi connectivity index (χ3v) is 3.96. The molecule has 2 N–H and O–H groups in total. The van der Waals surface area contributed by atoms with E-state index in [4.69, 9.17) is 0 Å². The van der Waals surface area contributed by atoms with Gasteiger partial charge in [0, 0.05) is 22.8 Å². The highest BCUT2D eigenvalue weighted by molar-refractivity contribution is 6.16. The lowest BCUT2D eigenvalue weighted by molar-refractivity contribution is 0.103. The van der Waals surface area contributed by atoms with Crippen LogP contribution in [0.1, 0.15) is 15.9 Å². The molecule has 0 aliphatic carbocycles. The molecule has 0 atom stereocenters. The Morgan fingerprint density at radius 1 is 0.960 bits per heavy atom. The van der Waals surface area contributed by atoms with Crippen LogP contribution >= 0.6 is 0 Å². The second-order valence-corrected chi connectivity index (χ2v) is 5.62. The van der Waals surface area contributed by atoms with Crippen molar-refractivity contribution < 1.29 is 9.18 Å². The molecule has 25 heavy (non-hydrogen) atoms. The van der Waals surface area contributed by atoms with E-state index in [-0.39, 0.29) is 11.3 Å². The summed E-state index contributed by atoms with van der Waals surface area (Å²) in [5.74, 6) is -0.906. The minimum absolute atomic E-state index is 0.0461. The van der Waals surface area contributed by atoms with E-state index in [1.54, 1.807) is 24.5 Å². The standard InChI is InChI=1S/C20H14FN3O/c21-18-9-5-4-8-15(18)19(25)17-12-23-20-16(17)10-14(11-22-20)24-13-6-2-1-3-7-13/h1-12,24H,(H,22,23). The van der Waals surface area contributed by atoms with Crippen LogP contribution in [0.25, 0.3) is 11.0 Å². The van der Waals surface area contributed by atoms with Crippen LogP contribution in [0.2, 0.25) is 0 Å². The first kappa shape index (κ1) is 15.1. The molecule has 4 aromatic rings. The number of H-pyrrole nitrogens is 1. The number of carbonyl (C=O) groups excluding carboxylic acids is 1. The summed E-state index contributed by atoms with van der Waals surface area (Å²) >= 11 is 0. The number of rotatable bonds is 4. The molecule has 0 fully saturated rings. The Hall–Kier alpha value is -3.47. The molecule has 4 rings (SSSR count). The van der Waals surface area contributed by atoms with Crippen LogP contribution in [0, 0.1) is 5.82 Å². The Morgan fingerprint density at radius 2 is 1.72 bits per heavy atom. The van der Waals surface area contributed by atoms with Crippen molar-refractivity contribution in [1.29, 1.82) is 0 Å². The molecular formula is C20H14FN3O. The zero-order valence-corrected chi connectivity index (χ0v) is 13.2. The van der Waals surface area contributed by atoms with Crippen LogP contribution < -0.4 is 5.32 Å². The molecule has 4 nitrogen and oxygen atoms in total. The van der Waals surface area contributed by atoms with Crippen molar-refractivity contribution in [3.05, 3.63) is 90.0 Å². The molecular weight excluding hydrogens is 317 g/mol. The summed E-state index contributed by atoms with van der Waals surface area (Å²) in [5.41, 5.74) is 2.69. The summed E-state index contributed by atoms with van der Waals surface area (Å²) in [6, 6.07) is 17.5. The van der Waals surface area contributed by atoms with Crippen molar-refractivity contribution >= 4 is 28.2 Å². The molecule has 0 saturated heterocycles. The van der Waals surface area contributed by atoms with Crippen LogP contribution in [0.15, 0.2) is 73.1 Å². The number of aromatic nitrogens is 2. The molecule has 0 aliphatic heterocycles. The Bertz CT molecular complexity index is 1060. The normalized spacial score (nSPS) is 10.8. The summed E-state index contributed by atoms with van der Waals surface area (Å²) in [6.07, 6.45) is 3.25. The van der Waals surface area contributed by atoms with E-state index in [0.717, 1.165) is 11.4 Å². The number of hydrogen-bond donors (Lipinski definition) is 2. The van der Waals surface area contributed by atoms with Crippen LogP contribution in [-0.4, -0.2) is 15.8 Å². The average Bonchev–Trinajstić information content (AvgIpc) is 3.06. The fraction of sp³-hybridized carbons (Fsp3) is 0. The van der Waals surface area contributed by atoms with E-state index in [1.807, 2.05) is 36.4 Å². The second-order valence-electron chi connectivity index (χ2n) is 5.62. The first-order valence-electron chi connectivity index (χ1n) is 7.81. The summed E-state index contributed by atoms with van der Waals surface area (Å²) in [6.45, 7) is 0. The molecule has 0 bridgehead atoms. The van der Waals surface area contributed by atoms with E-state index < -0.39 is 5.82 Å². The number of nitrogens with zero attached hydrogens (tertiary/aromatic N) is 1. The number of aromatic amines is 1. The largest absolute Gasteiger partial charge is 0.354 e. The molecule has 0 aliphatic rings. The number of para-hydroxylation sites is 1. The molecule has 2 aromatic carbocycles. The van der Waals surface area contributed by atoms with Crippen molar-refractivity contribution in [2.45, 2.75) is 0 Å². The number of nitrogens with one attached hydrogen (secondary N) is 2. The van der Waals surface area contributed by atoms with Gasteiger partial charge in [0.25, 0.3) is 0 Å². The quantitative estimate of drug-likeness (QED) is 0.534. The summed E-state index contributed by atoms with van der Waals surface area (Å²) in [7, 11) is 0. The van der Waals surface area contributed by atoms with E-state index >= 15 is 0 Å². The first-order valence-corrected chi connectivity index (χ1v) is 7.81. The van der Waals surface area contributed by atoms with Gasteiger partial charge in [-0.15, -0.1) is 0 Å². The minimum Gasteiger partial charge on any atom is -0.354 e. The fourth-order valence-electron chi connectivity index (χ4n) is 2.74. The highest BCUT2D eigenvalue weighted by atomic mass is 19.1. The van der Waals surface area contributed by atoms with Crippen LogP contribution in [0.4, 0.5) is 15.8 Å². The number of carbonyl (C=O) groups is 1. The molecule has 2 heterocycles. The molecule has 5 heteroatoms. The van der Waals surface area contributed by atoms with Gasteiger partial charge in [-0.1, -0.05) is 30.3 Å². The van der Waals surface area contributed by atoms with Gasteiger partial charge in [0.2, 0.25) is 0 Å². The maximum atomic E-state index is 13.9. The maximum absolute atomic E-state index is 13.9. The number of pyridine rings is 1. The number of anilines is 2. The molecule has 0 amide bonds. The zero-order valence-electron chi connectivity index (χ0n) is 13.2. The highest BCUT2D eigenvalue weighted by Crippen LogP contribution is 2.25. The number of ketones is 1. The van der Waals surface area contributed by atoms with Gasteiger partial charge < -0.3 is 10.3 Å². The lowest BCUT2D eigenvalue weighted by Gasteiger charge is -2.06. The number of benzene rings is 2. The topological polar surface area (TPSA) is 57.8 Å². The summed E-state index contributed by atoms with van der Waals surface area (Å²) in [4.78, 5) is 20.0. The Kier molecular flexibility index (Phi) is 3.74. The van der Waals surface area contributed by atoms with Crippen molar-refractivity contribution in [2.24, 2.45) is 0 Å². The highest BCUT2D eigenvalue weighted by Gasteiger charge is 2.18. The maximum Gasteiger partial charge on any atom is 0.198 e. The van der Waals surface area contributed by atoms with Crippen molar-refractivity contribution in [1.82, 2.24) is 9.97 Å². The van der Waals surface area contributed by atoms with Gasteiger partial charge in [-0.3, -0.25) is 4.79 Å². The molecule has 0 radical (unpaired) electrons. The van der Waals surface area contributed by atoms with Gasteiger partial charge in [-0.25, -0.2) is 9.37 Å². The zero-order chi connectivity index (χ0) is 17.2. The smallest absolute Gasteiger partial charge is 0.198 e. The fourth-order valence-corrected chi connectivity index (χ4v) is 2.74. The molecule has 0 saturated carbocycles. The Morgan fingerprint density at radius 3 is 2.52 bits per heavy atom. The predicted molar refractivity (Wildman–Crippen MR) is 95.7 cm³/mol. The third kappa shape index (κ3) is 2.87. The van der Waals surface area contributed by atoms with Gasteiger partial charge in [0.05, 0.1) is 17.4 Å². The average molecular weight is 331 g/mol. The monoisotopic (exact) mass is 331 g/mol. The predicted octanol–water partition coefficient (Wildman–Crippen LogP) is 4.68. The molecule has 122 valence electrons. The van der Waals surface area contributed by atoms with E-state index in [1.165, 1.54) is 12.1 Å². The van der Waals surface area contributed by atoms with E-state index in [2.05, 4.69) is 15.3 Å². The lowest BCUT2D eigenvalue weighted by Crippen LogP contribution is -2.03. The number of fused-ring (bicyclic) bond motifs is 1. The van der Waals surface area contributed by atoms with Crippen LogP contribution in [-0.2, 0) is 0 Å². The van der Waals surface area contributed by atoms with Gasteiger partial charge in [0.1, 0.15) is 11.5 Å². The second kappa shape index (κ2) is 6.20. The minimum atomic E-state index is -0.534. The lowest BCUT2D eigenvalue weighted by atomic mass is 10.0. The molecule has 0 spiro atoms. The van der Waals surface area contributed by atoms with Gasteiger partial charge in [-0.05, 0) is 30.3 Å². The SMILES string of the molecule is O=C(c1ccccc1F)c1c[nH]c2ncc(Nc3ccccc3)cc12. The van der Waals surface area contributed by atoms with Crippen molar-refractivity contribution in [2.75, 3.05) is 5.32 Å². The Labute approximate surface area is 143 Å².